The Morgan fingerprint density at radius 3 is 2.52 bits per heavy atom. The second-order valence-electron chi connectivity index (χ2n) is 8.36. The van der Waals surface area contributed by atoms with Gasteiger partial charge < -0.3 is 29.5 Å². The molecule has 4 rings (SSSR count). The van der Waals surface area contributed by atoms with Crippen molar-refractivity contribution in [2.75, 3.05) is 46.5 Å². The van der Waals surface area contributed by atoms with Crippen LogP contribution in [-0.4, -0.2) is 68.2 Å². The smallest absolute Gasteiger partial charge is 0.295 e. The number of nitrogens with zero attached hydrogens (tertiary/aromatic N) is 1. The lowest BCUT2D eigenvalue weighted by Gasteiger charge is -2.30. The number of hydrogen-bond acceptors (Lipinski definition) is 6. The summed E-state index contributed by atoms with van der Waals surface area (Å²) >= 11 is 0. The third-order valence-corrected chi connectivity index (χ3v) is 6.32. The number of ketones is 1. The average Bonchev–Trinajstić information content (AvgIpc) is 3.08. The second kappa shape index (κ2) is 9.64. The van der Waals surface area contributed by atoms with E-state index >= 15 is 0 Å². The summed E-state index contributed by atoms with van der Waals surface area (Å²) in [5.74, 6) is -1.24. The number of phenols is 1. The molecule has 2 aliphatic rings. The zero-order valence-corrected chi connectivity index (χ0v) is 18.8. The minimum absolute atomic E-state index is 0.0593. The highest BCUT2D eigenvalue weighted by Crippen LogP contribution is 2.39. The van der Waals surface area contributed by atoms with E-state index in [1.165, 1.54) is 21.9 Å². The molecule has 1 unspecified atom stereocenters. The summed E-state index contributed by atoms with van der Waals surface area (Å²) in [5.41, 5.74) is 1.57. The van der Waals surface area contributed by atoms with Gasteiger partial charge in [-0.3, -0.25) is 9.59 Å². The highest BCUT2D eigenvalue weighted by atomic mass is 16.5. The maximum atomic E-state index is 13.6. The van der Waals surface area contributed by atoms with Crippen LogP contribution < -0.4 is 14.7 Å². The van der Waals surface area contributed by atoms with Gasteiger partial charge in [0.1, 0.15) is 24.6 Å². The van der Waals surface area contributed by atoms with E-state index in [-0.39, 0.29) is 11.3 Å². The Bertz CT molecular complexity index is 1070. The number of benzene rings is 2. The first-order chi connectivity index (χ1) is 15.9. The molecule has 2 heterocycles. The number of ether oxygens (including phenoxy) is 2. The maximum absolute atomic E-state index is 13.6. The van der Waals surface area contributed by atoms with Crippen LogP contribution in [0.3, 0.4) is 0 Å². The van der Waals surface area contributed by atoms with Crippen molar-refractivity contribution in [1.29, 1.82) is 0 Å². The molecular formula is C25H28N2O6. The van der Waals surface area contributed by atoms with E-state index in [1.807, 2.05) is 0 Å². The van der Waals surface area contributed by atoms with Crippen LogP contribution in [0, 0.1) is 6.92 Å². The molecule has 33 heavy (non-hydrogen) atoms. The summed E-state index contributed by atoms with van der Waals surface area (Å²) in [6.07, 6.45) is 0. The molecule has 2 aromatic rings. The number of Topliss-reactive ketones (excluding diaryl/α,β-unsaturated/α-hetero) is 1. The lowest BCUT2D eigenvalue weighted by molar-refractivity contribution is -0.907. The minimum Gasteiger partial charge on any atom is -0.872 e. The van der Waals surface area contributed by atoms with Crippen molar-refractivity contribution in [2.24, 2.45) is 0 Å². The van der Waals surface area contributed by atoms with Gasteiger partial charge in [0.15, 0.2) is 0 Å². The van der Waals surface area contributed by atoms with Crippen molar-refractivity contribution in [3.05, 3.63) is 64.7 Å². The van der Waals surface area contributed by atoms with E-state index < -0.39 is 23.5 Å². The van der Waals surface area contributed by atoms with Crippen molar-refractivity contribution >= 4 is 17.4 Å². The lowest BCUT2D eigenvalue weighted by atomic mass is 9.94. The van der Waals surface area contributed by atoms with Gasteiger partial charge in [0, 0.05) is 5.57 Å². The van der Waals surface area contributed by atoms with E-state index in [9.17, 15) is 19.8 Å². The molecular weight excluding hydrogens is 424 g/mol. The summed E-state index contributed by atoms with van der Waals surface area (Å²) in [6, 6.07) is 10.5. The van der Waals surface area contributed by atoms with Crippen LogP contribution in [0.25, 0.3) is 5.76 Å². The molecule has 1 atom stereocenters. The number of carbonyl (C=O) groups excluding carboxylic acids is 2. The molecule has 0 saturated carbocycles. The van der Waals surface area contributed by atoms with Gasteiger partial charge in [-0.25, -0.2) is 0 Å². The van der Waals surface area contributed by atoms with Crippen molar-refractivity contribution in [3.8, 4) is 11.5 Å². The van der Waals surface area contributed by atoms with Gasteiger partial charge in [-0.2, -0.15) is 0 Å². The fourth-order valence-corrected chi connectivity index (χ4v) is 4.46. The number of morpholine rings is 1. The first-order valence-electron chi connectivity index (χ1n) is 11.0. The highest BCUT2D eigenvalue weighted by molar-refractivity contribution is 6.46. The van der Waals surface area contributed by atoms with Gasteiger partial charge in [-0.05, 0) is 47.9 Å². The molecule has 174 valence electrons. The molecule has 1 amide bonds. The molecule has 2 fully saturated rings. The van der Waals surface area contributed by atoms with Crippen LogP contribution in [0.1, 0.15) is 22.7 Å². The zero-order chi connectivity index (χ0) is 23.5. The largest absolute Gasteiger partial charge is 0.872 e. The summed E-state index contributed by atoms with van der Waals surface area (Å²) in [5, 5.41) is 23.3. The number of methoxy groups -OCH3 is 1. The highest BCUT2D eigenvalue weighted by Gasteiger charge is 2.44. The number of carbonyl (C=O) groups is 2. The van der Waals surface area contributed by atoms with Crippen LogP contribution in [0.5, 0.6) is 11.5 Å². The summed E-state index contributed by atoms with van der Waals surface area (Å²) in [6.45, 7) is 5.75. The second-order valence-corrected chi connectivity index (χ2v) is 8.36. The van der Waals surface area contributed by atoms with Crippen LogP contribution >= 0.6 is 0 Å². The van der Waals surface area contributed by atoms with Crippen LogP contribution in [0.2, 0.25) is 0 Å². The number of rotatable bonds is 6. The first kappa shape index (κ1) is 22.8. The third kappa shape index (κ3) is 4.58. The molecule has 0 spiro atoms. The number of quaternary nitrogens is 1. The quantitative estimate of drug-likeness (QED) is 0.359. The van der Waals surface area contributed by atoms with Gasteiger partial charge in [0.2, 0.25) is 5.78 Å². The predicted molar refractivity (Wildman–Crippen MR) is 119 cm³/mol. The Labute approximate surface area is 192 Å². The average molecular weight is 453 g/mol. The number of likely N-dealkylation sites (tertiary alicyclic amines) is 1. The van der Waals surface area contributed by atoms with Crippen molar-refractivity contribution in [3.63, 3.8) is 0 Å². The van der Waals surface area contributed by atoms with Gasteiger partial charge in [-0.1, -0.05) is 24.0 Å². The van der Waals surface area contributed by atoms with E-state index in [4.69, 9.17) is 9.47 Å². The molecule has 0 aromatic heterocycles. The maximum Gasteiger partial charge on any atom is 0.295 e. The molecule has 8 heteroatoms. The van der Waals surface area contributed by atoms with Gasteiger partial charge in [-0.15, -0.1) is 0 Å². The van der Waals surface area contributed by atoms with Crippen molar-refractivity contribution in [2.45, 2.75) is 13.0 Å². The van der Waals surface area contributed by atoms with Gasteiger partial charge in [0.05, 0.1) is 39.5 Å². The number of aryl methyl sites for hydroxylation is 1. The van der Waals surface area contributed by atoms with Gasteiger partial charge >= 0.3 is 0 Å². The van der Waals surface area contributed by atoms with Crippen molar-refractivity contribution in [1.82, 2.24) is 4.90 Å². The summed E-state index contributed by atoms with van der Waals surface area (Å²) < 4.78 is 10.6. The van der Waals surface area contributed by atoms with E-state index in [0.717, 1.165) is 13.1 Å². The van der Waals surface area contributed by atoms with E-state index in [1.54, 1.807) is 44.4 Å². The van der Waals surface area contributed by atoms with E-state index in [0.29, 0.717) is 48.7 Å². The standard InChI is InChI=1S/C25H28N2O6/c1-16-15-19(32-2)7-8-20(16)23(29)21-22(17-3-5-18(28)6-4-17)27(25(31)24(21)30)10-9-26-11-13-33-14-12-26/h3-8,15,22,28-29H,9-14H2,1-2H3. The van der Waals surface area contributed by atoms with Crippen molar-refractivity contribution < 1.29 is 34.2 Å². The molecule has 2 saturated heterocycles. The monoisotopic (exact) mass is 452 g/mol. The first-order valence-corrected chi connectivity index (χ1v) is 11.0. The Kier molecular flexibility index (Phi) is 6.67. The fraction of sp³-hybridized carbons (Fsp3) is 0.360. The summed E-state index contributed by atoms with van der Waals surface area (Å²) in [7, 11) is 1.54. The van der Waals surface area contributed by atoms with Crippen LogP contribution in [-0.2, 0) is 14.3 Å². The number of aromatic hydroxyl groups is 1. The Hall–Kier alpha value is -3.36. The molecule has 8 nitrogen and oxygen atoms in total. The zero-order valence-electron chi connectivity index (χ0n) is 18.8. The van der Waals surface area contributed by atoms with Crippen LogP contribution in [0.15, 0.2) is 48.0 Å². The SMILES string of the molecule is COc1ccc(C([O-])=C2C(=O)C(=O)N(CC[NH+]3CCOCC3)C2c2ccc(O)cc2)c(C)c1. The topological polar surface area (TPSA) is 104 Å². The number of hydrogen-bond donors (Lipinski definition) is 2. The third-order valence-electron chi connectivity index (χ3n) is 6.32. The Morgan fingerprint density at radius 2 is 1.88 bits per heavy atom. The molecule has 0 bridgehead atoms. The number of amides is 1. The minimum atomic E-state index is -0.806. The lowest BCUT2D eigenvalue weighted by Crippen LogP contribution is -3.14. The Balaban J connectivity index is 1.75. The fourth-order valence-electron chi connectivity index (χ4n) is 4.46. The Morgan fingerprint density at radius 1 is 1.18 bits per heavy atom. The normalized spacial score (nSPS) is 20.9. The molecule has 2 aliphatic heterocycles. The predicted octanol–water partition coefficient (Wildman–Crippen LogP) is -0.152. The number of nitrogens with one attached hydrogen (secondary N) is 1. The van der Waals surface area contributed by atoms with Gasteiger partial charge in [0.25, 0.3) is 5.91 Å². The van der Waals surface area contributed by atoms with E-state index in [2.05, 4.69) is 0 Å². The number of phenolic OH excluding ortho intramolecular Hbond substituents is 1. The molecule has 0 radical (unpaired) electrons. The molecule has 2 aromatic carbocycles. The summed E-state index contributed by atoms with van der Waals surface area (Å²) in [4.78, 5) is 29.0. The molecule has 2 N–H and O–H groups in total. The van der Waals surface area contributed by atoms with Crippen LogP contribution in [0.4, 0.5) is 0 Å². The molecule has 0 aliphatic carbocycles.